The second-order valence-electron chi connectivity index (χ2n) is 4.46. The fraction of sp³-hybridized carbons (Fsp3) is 0.286. The average molecular weight is 226 g/mol. The molecule has 17 heavy (non-hydrogen) atoms. The number of benzene rings is 1. The first kappa shape index (κ1) is 10.4. The van der Waals surface area contributed by atoms with Crippen molar-refractivity contribution in [2.75, 3.05) is 13.1 Å². The Kier molecular flexibility index (Phi) is 2.61. The predicted molar refractivity (Wildman–Crippen MR) is 67.1 cm³/mol. The van der Waals surface area contributed by atoms with Crippen LogP contribution in [0.15, 0.2) is 36.5 Å². The van der Waals surface area contributed by atoms with E-state index in [4.69, 9.17) is 0 Å². The number of carbonyl (C=O) groups excluding carboxylic acids is 1. The van der Waals surface area contributed by atoms with Crippen molar-refractivity contribution in [1.82, 2.24) is 10.3 Å². The van der Waals surface area contributed by atoms with Crippen LogP contribution >= 0.6 is 0 Å². The van der Waals surface area contributed by atoms with Gasteiger partial charge in [0.15, 0.2) is 5.78 Å². The van der Waals surface area contributed by atoms with Crippen molar-refractivity contribution in [2.45, 2.75) is 6.42 Å². The number of nitrogens with one attached hydrogen (secondary N) is 1. The summed E-state index contributed by atoms with van der Waals surface area (Å²) in [5.74, 6) is 0.393. The summed E-state index contributed by atoms with van der Waals surface area (Å²) >= 11 is 0. The molecule has 1 aliphatic heterocycles. The normalized spacial score (nSPS) is 19.6. The van der Waals surface area contributed by atoms with Gasteiger partial charge in [-0.1, -0.05) is 6.07 Å². The number of rotatable bonds is 2. The van der Waals surface area contributed by atoms with Gasteiger partial charge in [-0.2, -0.15) is 0 Å². The summed E-state index contributed by atoms with van der Waals surface area (Å²) in [6.45, 7) is 1.76. The summed E-state index contributed by atoms with van der Waals surface area (Å²) in [7, 11) is 0. The van der Waals surface area contributed by atoms with Crippen LogP contribution < -0.4 is 5.32 Å². The van der Waals surface area contributed by atoms with Crippen LogP contribution in [0.2, 0.25) is 0 Å². The molecule has 2 heterocycles. The lowest BCUT2D eigenvalue weighted by molar-refractivity contribution is 0.0930. The quantitative estimate of drug-likeness (QED) is 0.797. The summed E-state index contributed by atoms with van der Waals surface area (Å²) < 4.78 is 0. The third kappa shape index (κ3) is 1.94. The highest BCUT2D eigenvalue weighted by atomic mass is 16.1. The molecule has 3 rings (SSSR count). The van der Waals surface area contributed by atoms with Gasteiger partial charge in [0.25, 0.3) is 0 Å². The van der Waals surface area contributed by atoms with E-state index < -0.39 is 0 Å². The van der Waals surface area contributed by atoms with Gasteiger partial charge in [-0.15, -0.1) is 0 Å². The highest BCUT2D eigenvalue weighted by Crippen LogP contribution is 2.19. The number of Topliss-reactive ketones (excluding diaryl/α,β-unsaturated/α-hetero) is 1. The number of fused-ring (bicyclic) bond motifs is 1. The minimum atomic E-state index is 0.143. The molecule has 1 N–H and O–H groups in total. The molecule has 0 spiro atoms. The number of pyridine rings is 1. The first-order chi connectivity index (χ1) is 8.34. The second kappa shape index (κ2) is 4.26. The molecule has 0 bridgehead atoms. The molecule has 1 unspecified atom stereocenters. The number of hydrogen-bond acceptors (Lipinski definition) is 3. The molecule has 86 valence electrons. The summed E-state index contributed by atoms with van der Waals surface area (Å²) in [6, 6.07) is 9.64. The van der Waals surface area contributed by atoms with Gasteiger partial charge in [-0.3, -0.25) is 9.78 Å². The molecule has 0 aliphatic carbocycles. The molecule has 1 aromatic heterocycles. The minimum Gasteiger partial charge on any atom is -0.316 e. The topological polar surface area (TPSA) is 42.0 Å². The van der Waals surface area contributed by atoms with E-state index in [2.05, 4.69) is 10.3 Å². The molecule has 1 aliphatic rings. The fourth-order valence-electron chi connectivity index (χ4n) is 2.34. The maximum atomic E-state index is 12.2. The number of nitrogens with zero attached hydrogens (tertiary/aromatic N) is 1. The van der Waals surface area contributed by atoms with Crippen LogP contribution in [-0.4, -0.2) is 23.9 Å². The van der Waals surface area contributed by atoms with Crippen molar-refractivity contribution in [3.63, 3.8) is 0 Å². The predicted octanol–water partition coefficient (Wildman–Crippen LogP) is 2.03. The van der Waals surface area contributed by atoms with Gasteiger partial charge in [0.05, 0.1) is 5.52 Å². The molecule has 3 nitrogen and oxygen atoms in total. The maximum Gasteiger partial charge on any atom is 0.167 e. The maximum absolute atomic E-state index is 12.2. The average Bonchev–Trinajstić information content (AvgIpc) is 2.91. The molecule has 0 radical (unpaired) electrons. The largest absolute Gasteiger partial charge is 0.316 e. The van der Waals surface area contributed by atoms with E-state index >= 15 is 0 Å². The zero-order valence-electron chi connectivity index (χ0n) is 9.52. The first-order valence-electron chi connectivity index (χ1n) is 5.94. The van der Waals surface area contributed by atoms with E-state index in [0.717, 1.165) is 36.0 Å². The smallest absolute Gasteiger partial charge is 0.167 e. The Labute approximate surface area is 99.9 Å². The molecular weight excluding hydrogens is 212 g/mol. The summed E-state index contributed by atoms with van der Waals surface area (Å²) in [4.78, 5) is 16.5. The number of carbonyl (C=O) groups is 1. The molecular formula is C14H14N2O. The standard InChI is InChI=1S/C14H14N2O/c17-14(12-5-7-15-9-12)11-3-4-13-10(8-11)2-1-6-16-13/h1-4,6,8,12,15H,5,7,9H2. The van der Waals surface area contributed by atoms with Crippen LogP contribution in [0.5, 0.6) is 0 Å². The van der Waals surface area contributed by atoms with Gasteiger partial charge in [-0.25, -0.2) is 0 Å². The number of hydrogen-bond donors (Lipinski definition) is 1. The van der Waals surface area contributed by atoms with Crippen molar-refractivity contribution in [2.24, 2.45) is 5.92 Å². The van der Waals surface area contributed by atoms with E-state index in [1.54, 1.807) is 6.20 Å². The zero-order chi connectivity index (χ0) is 11.7. The van der Waals surface area contributed by atoms with E-state index in [-0.39, 0.29) is 11.7 Å². The summed E-state index contributed by atoms with van der Waals surface area (Å²) in [5, 5.41) is 4.26. The molecule has 3 heteroatoms. The Morgan fingerprint density at radius 3 is 3.12 bits per heavy atom. The molecule has 0 amide bonds. The van der Waals surface area contributed by atoms with E-state index in [9.17, 15) is 4.79 Å². The van der Waals surface area contributed by atoms with Gasteiger partial charge < -0.3 is 5.32 Å². The van der Waals surface area contributed by atoms with E-state index in [0.29, 0.717) is 0 Å². The molecule has 1 aromatic carbocycles. The summed E-state index contributed by atoms with van der Waals surface area (Å²) in [6.07, 6.45) is 2.72. The number of aromatic nitrogens is 1. The summed E-state index contributed by atoms with van der Waals surface area (Å²) in [5.41, 5.74) is 1.74. The van der Waals surface area contributed by atoms with E-state index in [1.807, 2.05) is 30.3 Å². The zero-order valence-corrected chi connectivity index (χ0v) is 9.52. The Morgan fingerprint density at radius 1 is 1.35 bits per heavy atom. The molecule has 1 atom stereocenters. The Balaban J connectivity index is 1.97. The molecule has 1 fully saturated rings. The lowest BCUT2D eigenvalue weighted by atomic mass is 9.96. The van der Waals surface area contributed by atoms with Gasteiger partial charge in [0.2, 0.25) is 0 Å². The van der Waals surface area contributed by atoms with Gasteiger partial charge >= 0.3 is 0 Å². The van der Waals surface area contributed by atoms with Crippen LogP contribution in [0.4, 0.5) is 0 Å². The molecule has 1 saturated heterocycles. The Morgan fingerprint density at radius 2 is 2.29 bits per heavy atom. The van der Waals surface area contributed by atoms with Crippen LogP contribution in [0.3, 0.4) is 0 Å². The van der Waals surface area contributed by atoms with Crippen molar-refractivity contribution >= 4 is 16.7 Å². The van der Waals surface area contributed by atoms with Crippen LogP contribution in [-0.2, 0) is 0 Å². The van der Waals surface area contributed by atoms with Gasteiger partial charge in [0, 0.05) is 29.6 Å². The van der Waals surface area contributed by atoms with Gasteiger partial charge in [0.1, 0.15) is 0 Å². The first-order valence-corrected chi connectivity index (χ1v) is 5.94. The van der Waals surface area contributed by atoms with Crippen molar-refractivity contribution in [3.05, 3.63) is 42.1 Å². The highest BCUT2D eigenvalue weighted by Gasteiger charge is 2.23. The lowest BCUT2D eigenvalue weighted by Crippen LogP contribution is -2.17. The van der Waals surface area contributed by atoms with Crippen molar-refractivity contribution < 1.29 is 4.79 Å². The lowest BCUT2D eigenvalue weighted by Gasteiger charge is -2.07. The van der Waals surface area contributed by atoms with Gasteiger partial charge in [-0.05, 0) is 37.2 Å². The third-order valence-electron chi connectivity index (χ3n) is 3.32. The van der Waals surface area contributed by atoms with Crippen LogP contribution in [0.25, 0.3) is 10.9 Å². The SMILES string of the molecule is O=C(c1ccc2ncccc2c1)C1CCNC1. The van der Waals surface area contributed by atoms with Crippen LogP contribution in [0.1, 0.15) is 16.8 Å². The molecule has 2 aromatic rings. The number of ketones is 1. The third-order valence-corrected chi connectivity index (χ3v) is 3.32. The Bertz CT molecular complexity index is 559. The monoisotopic (exact) mass is 226 g/mol. The van der Waals surface area contributed by atoms with Crippen molar-refractivity contribution in [1.29, 1.82) is 0 Å². The Hall–Kier alpha value is -1.74. The highest BCUT2D eigenvalue weighted by molar-refractivity contribution is 6.01. The minimum absolute atomic E-state index is 0.143. The van der Waals surface area contributed by atoms with E-state index in [1.165, 1.54) is 0 Å². The molecule has 0 saturated carbocycles. The van der Waals surface area contributed by atoms with Crippen molar-refractivity contribution in [3.8, 4) is 0 Å². The van der Waals surface area contributed by atoms with Crippen LogP contribution in [0, 0.1) is 5.92 Å². The second-order valence-corrected chi connectivity index (χ2v) is 4.46. The fourth-order valence-corrected chi connectivity index (χ4v) is 2.34.